The first-order valence-corrected chi connectivity index (χ1v) is 10.1. The van der Waals surface area contributed by atoms with Crippen molar-refractivity contribution in [3.63, 3.8) is 0 Å². The molecule has 1 aromatic carbocycles. The highest BCUT2D eigenvalue weighted by Gasteiger charge is 2.25. The third-order valence-corrected chi connectivity index (χ3v) is 5.50. The van der Waals surface area contributed by atoms with E-state index < -0.39 is 0 Å². The van der Waals surface area contributed by atoms with E-state index in [-0.39, 0.29) is 31.1 Å². The van der Waals surface area contributed by atoms with Gasteiger partial charge in [-0.3, -0.25) is 9.59 Å². The SMILES string of the molecule is Cc1nc(NC(=O)CN(CC2CCCO2)C(=O)COc2ccccc2)sc1C. The lowest BCUT2D eigenvalue weighted by atomic mass is 10.2. The van der Waals surface area contributed by atoms with E-state index in [0.29, 0.717) is 24.0 Å². The maximum atomic E-state index is 12.7. The van der Waals surface area contributed by atoms with Crippen LogP contribution in [0.5, 0.6) is 5.75 Å². The minimum atomic E-state index is -0.278. The summed E-state index contributed by atoms with van der Waals surface area (Å²) in [5.74, 6) is 0.0897. The molecular weight excluding hydrogens is 378 g/mol. The smallest absolute Gasteiger partial charge is 0.261 e. The van der Waals surface area contributed by atoms with Crippen LogP contribution >= 0.6 is 11.3 Å². The summed E-state index contributed by atoms with van der Waals surface area (Å²) in [7, 11) is 0. The maximum absolute atomic E-state index is 12.7. The van der Waals surface area contributed by atoms with Crippen LogP contribution in [0, 0.1) is 13.8 Å². The highest BCUT2D eigenvalue weighted by Crippen LogP contribution is 2.21. The second-order valence-corrected chi connectivity index (χ2v) is 7.92. The number of nitrogens with one attached hydrogen (secondary N) is 1. The molecule has 0 radical (unpaired) electrons. The topological polar surface area (TPSA) is 80.8 Å². The zero-order valence-corrected chi connectivity index (χ0v) is 17.0. The Balaban J connectivity index is 1.59. The monoisotopic (exact) mass is 403 g/mol. The average molecular weight is 404 g/mol. The molecule has 2 amide bonds. The summed E-state index contributed by atoms with van der Waals surface area (Å²) in [6.07, 6.45) is 1.81. The van der Waals surface area contributed by atoms with Gasteiger partial charge in [0, 0.05) is 18.0 Å². The lowest BCUT2D eigenvalue weighted by Gasteiger charge is -2.24. The van der Waals surface area contributed by atoms with Gasteiger partial charge in [-0.1, -0.05) is 18.2 Å². The molecule has 8 heteroatoms. The average Bonchev–Trinajstić information content (AvgIpc) is 3.29. The number of aromatic nitrogens is 1. The van der Waals surface area contributed by atoms with E-state index >= 15 is 0 Å². The van der Waals surface area contributed by atoms with Gasteiger partial charge in [0.2, 0.25) is 5.91 Å². The summed E-state index contributed by atoms with van der Waals surface area (Å²) >= 11 is 1.42. The molecule has 1 aromatic heterocycles. The molecular formula is C20H25N3O4S. The van der Waals surface area contributed by atoms with Gasteiger partial charge in [0.15, 0.2) is 11.7 Å². The van der Waals surface area contributed by atoms with Crippen molar-refractivity contribution in [1.29, 1.82) is 0 Å². The lowest BCUT2D eigenvalue weighted by Crippen LogP contribution is -2.44. The maximum Gasteiger partial charge on any atom is 0.261 e. The fourth-order valence-corrected chi connectivity index (χ4v) is 3.73. The number of benzene rings is 1. The number of para-hydroxylation sites is 1. The van der Waals surface area contributed by atoms with Crippen LogP contribution < -0.4 is 10.1 Å². The first-order chi connectivity index (χ1) is 13.5. The summed E-state index contributed by atoms with van der Waals surface area (Å²) < 4.78 is 11.2. The lowest BCUT2D eigenvalue weighted by molar-refractivity contribution is -0.138. The molecule has 1 unspecified atom stereocenters. The summed E-state index contributed by atoms with van der Waals surface area (Å²) in [6, 6.07) is 9.14. The van der Waals surface area contributed by atoms with Crippen molar-refractivity contribution in [1.82, 2.24) is 9.88 Å². The fraction of sp³-hybridized carbons (Fsp3) is 0.450. The molecule has 0 saturated carbocycles. The van der Waals surface area contributed by atoms with Gasteiger partial charge in [-0.15, -0.1) is 11.3 Å². The van der Waals surface area contributed by atoms with E-state index in [9.17, 15) is 9.59 Å². The summed E-state index contributed by atoms with van der Waals surface area (Å²) in [5.41, 5.74) is 0.892. The van der Waals surface area contributed by atoms with Gasteiger partial charge in [0.25, 0.3) is 5.91 Å². The molecule has 3 rings (SSSR count). The molecule has 1 saturated heterocycles. The molecule has 2 heterocycles. The quantitative estimate of drug-likeness (QED) is 0.733. The molecule has 1 aliphatic heterocycles. The highest BCUT2D eigenvalue weighted by molar-refractivity contribution is 7.15. The predicted molar refractivity (Wildman–Crippen MR) is 108 cm³/mol. The van der Waals surface area contributed by atoms with E-state index in [1.54, 1.807) is 12.1 Å². The van der Waals surface area contributed by atoms with Crippen molar-refractivity contribution >= 4 is 28.3 Å². The molecule has 7 nitrogen and oxygen atoms in total. The number of aryl methyl sites for hydroxylation is 2. The van der Waals surface area contributed by atoms with Gasteiger partial charge in [0.05, 0.1) is 11.8 Å². The number of carbonyl (C=O) groups excluding carboxylic acids is 2. The van der Waals surface area contributed by atoms with Gasteiger partial charge in [-0.25, -0.2) is 4.98 Å². The van der Waals surface area contributed by atoms with Crippen LogP contribution in [0.15, 0.2) is 30.3 Å². The van der Waals surface area contributed by atoms with Crippen LogP contribution in [0.2, 0.25) is 0 Å². The Morgan fingerprint density at radius 2 is 2.11 bits per heavy atom. The minimum absolute atomic E-state index is 0.0437. The third kappa shape index (κ3) is 5.77. The molecule has 0 spiro atoms. The molecule has 1 N–H and O–H groups in total. The number of nitrogens with zero attached hydrogens (tertiary/aromatic N) is 2. The number of anilines is 1. The molecule has 0 bridgehead atoms. The van der Waals surface area contributed by atoms with Crippen molar-refractivity contribution in [2.45, 2.75) is 32.8 Å². The Morgan fingerprint density at radius 1 is 1.32 bits per heavy atom. The number of amides is 2. The normalized spacial score (nSPS) is 16.0. The third-order valence-electron chi connectivity index (χ3n) is 4.52. The number of ether oxygens (including phenoxy) is 2. The van der Waals surface area contributed by atoms with Crippen LogP contribution in [0.4, 0.5) is 5.13 Å². The van der Waals surface area contributed by atoms with E-state index in [0.717, 1.165) is 23.4 Å². The number of thiazole rings is 1. The summed E-state index contributed by atoms with van der Waals surface area (Å²) in [5, 5.41) is 3.33. The zero-order valence-electron chi connectivity index (χ0n) is 16.1. The van der Waals surface area contributed by atoms with E-state index in [4.69, 9.17) is 9.47 Å². The first kappa shape index (κ1) is 20.3. The second-order valence-electron chi connectivity index (χ2n) is 6.72. The highest BCUT2D eigenvalue weighted by atomic mass is 32.1. The Bertz CT molecular complexity index is 784. The standard InChI is InChI=1S/C20H25N3O4S/c1-14-15(2)28-20(21-14)22-18(24)12-23(11-17-9-6-10-26-17)19(25)13-27-16-7-4-3-5-8-16/h3-5,7-8,17H,6,9-13H2,1-2H3,(H,21,22,24). The van der Waals surface area contributed by atoms with E-state index in [2.05, 4.69) is 10.3 Å². The molecule has 1 aliphatic rings. The van der Waals surface area contributed by atoms with Crippen molar-refractivity contribution < 1.29 is 19.1 Å². The van der Waals surface area contributed by atoms with Gasteiger partial charge in [-0.05, 0) is 38.8 Å². The van der Waals surface area contributed by atoms with Gasteiger partial charge in [-0.2, -0.15) is 0 Å². The minimum Gasteiger partial charge on any atom is -0.484 e. The van der Waals surface area contributed by atoms with Crippen molar-refractivity contribution in [3.05, 3.63) is 40.9 Å². The molecule has 2 aromatic rings. The van der Waals surface area contributed by atoms with Crippen molar-refractivity contribution in [3.8, 4) is 5.75 Å². The fourth-order valence-electron chi connectivity index (χ4n) is 2.90. The summed E-state index contributed by atoms with van der Waals surface area (Å²) in [6.45, 7) is 4.73. The zero-order chi connectivity index (χ0) is 19.9. The molecule has 150 valence electrons. The molecule has 28 heavy (non-hydrogen) atoms. The second kappa shape index (κ2) is 9.66. The number of hydrogen-bond donors (Lipinski definition) is 1. The van der Waals surface area contributed by atoms with Gasteiger partial charge >= 0.3 is 0 Å². The van der Waals surface area contributed by atoms with Crippen LogP contribution in [-0.4, -0.2) is 54.1 Å². The number of hydrogen-bond acceptors (Lipinski definition) is 6. The largest absolute Gasteiger partial charge is 0.484 e. The Hall–Kier alpha value is -2.45. The molecule has 1 fully saturated rings. The first-order valence-electron chi connectivity index (χ1n) is 9.32. The van der Waals surface area contributed by atoms with Crippen molar-refractivity contribution in [2.75, 3.05) is 31.6 Å². The number of carbonyl (C=O) groups is 2. The Kier molecular flexibility index (Phi) is 7.00. The predicted octanol–water partition coefficient (Wildman–Crippen LogP) is 2.79. The Morgan fingerprint density at radius 3 is 2.75 bits per heavy atom. The van der Waals surface area contributed by atoms with Crippen molar-refractivity contribution in [2.24, 2.45) is 0 Å². The van der Waals surface area contributed by atoms with Gasteiger partial charge < -0.3 is 19.7 Å². The van der Waals surface area contributed by atoms with Crippen LogP contribution in [0.1, 0.15) is 23.4 Å². The molecule has 0 aliphatic carbocycles. The summed E-state index contributed by atoms with van der Waals surface area (Å²) in [4.78, 5) is 32.1. The van der Waals surface area contributed by atoms with Crippen LogP contribution in [-0.2, 0) is 14.3 Å². The van der Waals surface area contributed by atoms with E-state index in [1.165, 1.54) is 16.2 Å². The van der Waals surface area contributed by atoms with Gasteiger partial charge in [0.1, 0.15) is 12.3 Å². The van der Waals surface area contributed by atoms with Crippen LogP contribution in [0.25, 0.3) is 0 Å². The number of rotatable bonds is 8. The van der Waals surface area contributed by atoms with Crippen LogP contribution in [0.3, 0.4) is 0 Å². The Labute approximate surface area is 168 Å². The molecule has 1 atom stereocenters. The van der Waals surface area contributed by atoms with E-state index in [1.807, 2.05) is 32.0 Å².